The van der Waals surface area contributed by atoms with Gasteiger partial charge in [0.2, 0.25) is 0 Å². The molecule has 1 saturated heterocycles. The van der Waals surface area contributed by atoms with Gasteiger partial charge in [0, 0.05) is 12.0 Å². The molecule has 0 amide bonds. The standard InChI is InChI=1S/C16H29NO/c1-11(2)7-8-16(6)9-12(3)14-13(10-16)15(4,5)18-17-14/h7,12-14,17H,8-10H2,1-6H3. The lowest BCUT2D eigenvalue weighted by Gasteiger charge is -2.45. The lowest BCUT2D eigenvalue weighted by molar-refractivity contribution is -0.0482. The van der Waals surface area contributed by atoms with Crippen LogP contribution in [0, 0.1) is 17.3 Å². The molecule has 0 spiro atoms. The first-order valence-electron chi connectivity index (χ1n) is 7.30. The van der Waals surface area contributed by atoms with Gasteiger partial charge in [0.15, 0.2) is 0 Å². The molecule has 0 bridgehead atoms. The van der Waals surface area contributed by atoms with E-state index in [1.807, 2.05) is 0 Å². The van der Waals surface area contributed by atoms with Crippen molar-refractivity contribution in [1.82, 2.24) is 5.48 Å². The van der Waals surface area contributed by atoms with Gasteiger partial charge >= 0.3 is 0 Å². The van der Waals surface area contributed by atoms with Crippen molar-refractivity contribution in [2.24, 2.45) is 17.3 Å². The fourth-order valence-corrected chi connectivity index (χ4v) is 3.83. The molecule has 0 radical (unpaired) electrons. The Morgan fingerprint density at radius 3 is 2.56 bits per heavy atom. The van der Waals surface area contributed by atoms with Crippen LogP contribution in [0.25, 0.3) is 0 Å². The van der Waals surface area contributed by atoms with Gasteiger partial charge in [-0.15, -0.1) is 0 Å². The van der Waals surface area contributed by atoms with Crippen LogP contribution in [-0.4, -0.2) is 11.6 Å². The molecule has 4 unspecified atom stereocenters. The third-order valence-electron chi connectivity index (χ3n) is 4.93. The highest BCUT2D eigenvalue weighted by Crippen LogP contribution is 2.51. The number of hydroxylamine groups is 1. The van der Waals surface area contributed by atoms with Crippen LogP contribution < -0.4 is 5.48 Å². The first kappa shape index (κ1) is 14.1. The van der Waals surface area contributed by atoms with Gasteiger partial charge in [-0.1, -0.05) is 25.5 Å². The zero-order valence-corrected chi connectivity index (χ0v) is 12.8. The van der Waals surface area contributed by atoms with Crippen LogP contribution in [0.2, 0.25) is 0 Å². The summed E-state index contributed by atoms with van der Waals surface area (Å²) in [4.78, 5) is 5.81. The maximum absolute atomic E-state index is 5.81. The molecule has 104 valence electrons. The molecule has 2 rings (SSSR count). The Bertz CT molecular complexity index is 343. The smallest absolute Gasteiger partial charge is 0.0884 e. The van der Waals surface area contributed by atoms with E-state index in [4.69, 9.17) is 4.84 Å². The Morgan fingerprint density at radius 1 is 1.28 bits per heavy atom. The fraction of sp³-hybridized carbons (Fsp3) is 0.875. The van der Waals surface area contributed by atoms with Gasteiger partial charge in [-0.25, -0.2) is 0 Å². The first-order chi connectivity index (χ1) is 8.23. The number of nitrogens with one attached hydrogen (secondary N) is 1. The van der Waals surface area contributed by atoms with E-state index in [1.165, 1.54) is 24.8 Å². The van der Waals surface area contributed by atoms with Crippen molar-refractivity contribution in [3.05, 3.63) is 11.6 Å². The summed E-state index contributed by atoms with van der Waals surface area (Å²) < 4.78 is 0. The van der Waals surface area contributed by atoms with Gasteiger partial charge < -0.3 is 0 Å². The number of allylic oxidation sites excluding steroid dienone is 2. The van der Waals surface area contributed by atoms with Gasteiger partial charge in [0.25, 0.3) is 0 Å². The van der Waals surface area contributed by atoms with E-state index in [-0.39, 0.29) is 5.60 Å². The lowest BCUT2D eigenvalue weighted by atomic mass is 9.60. The maximum Gasteiger partial charge on any atom is 0.0884 e. The van der Waals surface area contributed by atoms with Crippen LogP contribution in [0.5, 0.6) is 0 Å². The number of hydrogen-bond acceptors (Lipinski definition) is 2. The molecule has 4 atom stereocenters. The van der Waals surface area contributed by atoms with Crippen LogP contribution in [-0.2, 0) is 4.84 Å². The van der Waals surface area contributed by atoms with Crippen molar-refractivity contribution in [2.45, 2.75) is 72.4 Å². The third kappa shape index (κ3) is 2.65. The SMILES string of the molecule is CC(C)=CCC1(C)CC(C)C2NOC(C)(C)C2C1. The van der Waals surface area contributed by atoms with E-state index in [0.29, 0.717) is 23.3 Å². The molecule has 1 N–H and O–H groups in total. The number of rotatable bonds is 2. The van der Waals surface area contributed by atoms with E-state index >= 15 is 0 Å². The molecule has 0 aromatic rings. The maximum atomic E-state index is 5.81. The minimum absolute atomic E-state index is 0.0222. The molecule has 2 heteroatoms. The summed E-state index contributed by atoms with van der Waals surface area (Å²) >= 11 is 0. The minimum Gasteiger partial charge on any atom is -0.295 e. The molecule has 2 nitrogen and oxygen atoms in total. The normalized spacial score (nSPS) is 42.4. The van der Waals surface area contributed by atoms with Crippen molar-refractivity contribution in [3.8, 4) is 0 Å². The van der Waals surface area contributed by atoms with Crippen LogP contribution in [0.15, 0.2) is 11.6 Å². The summed E-state index contributed by atoms with van der Waals surface area (Å²) in [7, 11) is 0. The largest absolute Gasteiger partial charge is 0.295 e. The van der Waals surface area contributed by atoms with Crippen molar-refractivity contribution >= 4 is 0 Å². The quantitative estimate of drug-likeness (QED) is 0.747. The molecule has 1 aliphatic heterocycles. The molecule has 1 aliphatic carbocycles. The van der Waals surface area contributed by atoms with E-state index in [9.17, 15) is 0 Å². The third-order valence-corrected chi connectivity index (χ3v) is 4.93. The summed E-state index contributed by atoms with van der Waals surface area (Å²) in [5.41, 5.74) is 5.13. The van der Waals surface area contributed by atoms with Crippen molar-refractivity contribution < 1.29 is 4.84 Å². The fourth-order valence-electron chi connectivity index (χ4n) is 3.83. The highest BCUT2D eigenvalue weighted by atomic mass is 16.7. The molecule has 2 aliphatic rings. The Morgan fingerprint density at radius 2 is 1.94 bits per heavy atom. The predicted molar refractivity (Wildman–Crippen MR) is 76.1 cm³/mol. The Kier molecular flexibility index (Phi) is 3.63. The average molecular weight is 251 g/mol. The first-order valence-corrected chi connectivity index (χ1v) is 7.30. The molecule has 18 heavy (non-hydrogen) atoms. The van der Waals surface area contributed by atoms with E-state index in [0.717, 1.165) is 0 Å². The summed E-state index contributed by atoms with van der Waals surface area (Å²) in [6, 6.07) is 0.541. The van der Waals surface area contributed by atoms with Crippen molar-refractivity contribution in [3.63, 3.8) is 0 Å². The summed E-state index contributed by atoms with van der Waals surface area (Å²) in [6.07, 6.45) is 6.18. The second kappa shape index (κ2) is 4.64. The molecule has 0 aromatic heterocycles. The summed E-state index contributed by atoms with van der Waals surface area (Å²) in [5.74, 6) is 1.33. The zero-order chi connectivity index (χ0) is 13.6. The molecular weight excluding hydrogens is 222 g/mol. The Hall–Kier alpha value is -0.340. The highest BCUT2D eigenvalue weighted by Gasteiger charge is 2.52. The van der Waals surface area contributed by atoms with Crippen LogP contribution in [0.3, 0.4) is 0 Å². The molecular formula is C16H29NO. The summed E-state index contributed by atoms with van der Waals surface area (Å²) in [5, 5.41) is 0. The predicted octanol–water partition coefficient (Wildman–Crippen LogP) is 4.08. The van der Waals surface area contributed by atoms with E-state index in [2.05, 4.69) is 53.1 Å². The lowest BCUT2D eigenvalue weighted by Crippen LogP contribution is -2.46. The van der Waals surface area contributed by atoms with Crippen LogP contribution in [0.4, 0.5) is 0 Å². The Balaban J connectivity index is 2.15. The van der Waals surface area contributed by atoms with Gasteiger partial charge in [-0.05, 0) is 58.3 Å². The van der Waals surface area contributed by atoms with Gasteiger partial charge in [-0.3, -0.25) is 4.84 Å². The highest BCUT2D eigenvalue weighted by molar-refractivity contribution is 5.05. The number of fused-ring (bicyclic) bond motifs is 1. The van der Waals surface area contributed by atoms with Crippen LogP contribution >= 0.6 is 0 Å². The minimum atomic E-state index is -0.0222. The second-order valence-electron chi connectivity index (χ2n) is 7.64. The van der Waals surface area contributed by atoms with E-state index in [1.54, 1.807) is 0 Å². The van der Waals surface area contributed by atoms with Crippen LogP contribution in [0.1, 0.15) is 60.8 Å². The second-order valence-corrected chi connectivity index (χ2v) is 7.64. The van der Waals surface area contributed by atoms with E-state index < -0.39 is 0 Å². The summed E-state index contributed by atoms with van der Waals surface area (Å²) in [6.45, 7) is 13.7. The van der Waals surface area contributed by atoms with Gasteiger partial charge in [0.05, 0.1) is 5.60 Å². The topological polar surface area (TPSA) is 21.3 Å². The molecule has 1 saturated carbocycles. The molecule has 1 heterocycles. The number of hydrogen-bond donors (Lipinski definition) is 1. The Labute approximate surface area is 112 Å². The molecule has 0 aromatic carbocycles. The zero-order valence-electron chi connectivity index (χ0n) is 12.8. The molecule has 2 fully saturated rings. The van der Waals surface area contributed by atoms with Gasteiger partial charge in [0.1, 0.15) is 0 Å². The average Bonchev–Trinajstić information content (AvgIpc) is 2.53. The van der Waals surface area contributed by atoms with Crippen molar-refractivity contribution in [1.29, 1.82) is 0 Å². The van der Waals surface area contributed by atoms with Crippen molar-refractivity contribution in [2.75, 3.05) is 0 Å². The van der Waals surface area contributed by atoms with Gasteiger partial charge in [-0.2, -0.15) is 5.48 Å². The monoisotopic (exact) mass is 251 g/mol.